The van der Waals surface area contributed by atoms with Crippen LogP contribution in [0.3, 0.4) is 0 Å². The number of nitrogens with two attached hydrogens (primary N) is 1. The van der Waals surface area contributed by atoms with Crippen LogP contribution in [0.4, 0.5) is 0 Å². The molecular weight excluding hydrogens is 336 g/mol. The van der Waals surface area contributed by atoms with Gasteiger partial charge in [0.15, 0.2) is 0 Å². The second-order valence-electron chi connectivity index (χ2n) is 4.34. The normalized spacial score (nSPS) is 12.5. The molecule has 0 aliphatic heterocycles. The fraction of sp³-hybridized carbons (Fsp3) is 0.133. The molecule has 3 nitrogen and oxygen atoms in total. The van der Waals surface area contributed by atoms with Crippen molar-refractivity contribution in [2.75, 3.05) is 6.54 Å². The van der Waals surface area contributed by atoms with E-state index in [1.54, 1.807) is 17.5 Å². The molecule has 2 heterocycles. The highest BCUT2D eigenvalue weighted by atomic mass is 79.9. The summed E-state index contributed by atoms with van der Waals surface area (Å²) >= 11 is 5.10. The highest BCUT2D eigenvalue weighted by Crippen LogP contribution is 2.30. The summed E-state index contributed by atoms with van der Waals surface area (Å²) in [5.41, 5.74) is 6.75. The minimum atomic E-state index is -0.132. The Kier molecular flexibility index (Phi) is 4.00. The van der Waals surface area contributed by atoms with Crippen molar-refractivity contribution < 1.29 is 4.74 Å². The van der Waals surface area contributed by atoms with Crippen LogP contribution in [0.25, 0.3) is 10.9 Å². The van der Waals surface area contributed by atoms with Crippen LogP contribution in [-0.2, 0) is 0 Å². The summed E-state index contributed by atoms with van der Waals surface area (Å²) in [4.78, 5) is 5.45. The summed E-state index contributed by atoms with van der Waals surface area (Å²) in [5, 5.41) is 1.10. The Balaban J connectivity index is 1.87. The second kappa shape index (κ2) is 5.91. The van der Waals surface area contributed by atoms with Crippen LogP contribution >= 0.6 is 27.3 Å². The molecule has 1 aromatic carbocycles. The summed E-state index contributed by atoms with van der Waals surface area (Å²) in [6, 6.07) is 13.9. The van der Waals surface area contributed by atoms with E-state index in [1.807, 2.05) is 42.5 Å². The van der Waals surface area contributed by atoms with Gasteiger partial charge in [-0.3, -0.25) is 4.98 Å². The van der Waals surface area contributed by atoms with E-state index in [0.29, 0.717) is 6.54 Å². The number of hydrogen-bond acceptors (Lipinski definition) is 4. The Morgan fingerprint density at radius 3 is 2.90 bits per heavy atom. The molecule has 20 heavy (non-hydrogen) atoms. The molecule has 2 N–H and O–H groups in total. The Bertz CT molecular complexity index is 728. The standard InChI is InChI=1S/C15H13BrN2OS/c16-15-6-5-14(20-15)13(9-17)19-11-4-3-10-2-1-7-18-12(10)8-11/h1-8,13H,9,17H2. The largest absolute Gasteiger partial charge is 0.483 e. The summed E-state index contributed by atoms with van der Waals surface area (Å²) in [6.45, 7) is 0.438. The molecule has 102 valence electrons. The third kappa shape index (κ3) is 2.85. The van der Waals surface area contributed by atoms with Crippen molar-refractivity contribution in [3.05, 3.63) is 57.3 Å². The van der Waals surface area contributed by atoms with Crippen molar-refractivity contribution in [2.45, 2.75) is 6.10 Å². The average Bonchev–Trinajstić information content (AvgIpc) is 2.91. The van der Waals surface area contributed by atoms with Crippen molar-refractivity contribution in [3.8, 4) is 5.75 Å². The molecule has 3 rings (SSSR count). The van der Waals surface area contributed by atoms with Gasteiger partial charge >= 0.3 is 0 Å². The Hall–Kier alpha value is -1.43. The van der Waals surface area contributed by atoms with Crippen molar-refractivity contribution in [2.24, 2.45) is 5.73 Å². The van der Waals surface area contributed by atoms with Gasteiger partial charge in [0.05, 0.1) is 9.30 Å². The first kappa shape index (κ1) is 13.5. The zero-order valence-electron chi connectivity index (χ0n) is 10.6. The van der Waals surface area contributed by atoms with E-state index in [0.717, 1.165) is 25.3 Å². The number of pyridine rings is 1. The van der Waals surface area contributed by atoms with Crippen LogP contribution in [0.5, 0.6) is 5.75 Å². The molecule has 0 aliphatic rings. The fourth-order valence-electron chi connectivity index (χ4n) is 2.01. The van der Waals surface area contributed by atoms with Crippen molar-refractivity contribution in [3.63, 3.8) is 0 Å². The van der Waals surface area contributed by atoms with Gasteiger partial charge in [-0.1, -0.05) is 6.07 Å². The molecule has 0 amide bonds. The maximum absolute atomic E-state index is 6.00. The predicted molar refractivity (Wildman–Crippen MR) is 86.2 cm³/mol. The van der Waals surface area contributed by atoms with E-state index in [2.05, 4.69) is 20.9 Å². The predicted octanol–water partition coefficient (Wildman–Crippen LogP) is 4.14. The number of benzene rings is 1. The molecule has 3 aromatic rings. The smallest absolute Gasteiger partial charge is 0.145 e. The Morgan fingerprint density at radius 2 is 2.15 bits per heavy atom. The van der Waals surface area contributed by atoms with Crippen LogP contribution in [0.1, 0.15) is 11.0 Å². The molecule has 5 heteroatoms. The van der Waals surface area contributed by atoms with Crippen molar-refractivity contribution in [1.29, 1.82) is 0 Å². The van der Waals surface area contributed by atoms with Gasteiger partial charge in [-0.2, -0.15) is 0 Å². The van der Waals surface area contributed by atoms with E-state index in [1.165, 1.54) is 0 Å². The lowest BCUT2D eigenvalue weighted by Gasteiger charge is -2.16. The maximum atomic E-state index is 6.00. The molecule has 0 saturated carbocycles. The molecule has 0 radical (unpaired) electrons. The lowest BCUT2D eigenvalue weighted by Crippen LogP contribution is -2.17. The first-order valence-electron chi connectivity index (χ1n) is 6.23. The van der Waals surface area contributed by atoms with E-state index in [4.69, 9.17) is 10.5 Å². The Morgan fingerprint density at radius 1 is 1.25 bits per heavy atom. The van der Waals surface area contributed by atoms with E-state index in [-0.39, 0.29) is 6.10 Å². The van der Waals surface area contributed by atoms with Gasteiger partial charge in [0, 0.05) is 29.1 Å². The molecule has 0 bridgehead atoms. The molecule has 0 spiro atoms. The third-order valence-electron chi connectivity index (χ3n) is 2.98. The van der Waals surface area contributed by atoms with Gasteiger partial charge in [-0.05, 0) is 46.3 Å². The molecule has 0 saturated heterocycles. The third-order valence-corrected chi connectivity index (χ3v) is 4.70. The first-order valence-corrected chi connectivity index (χ1v) is 7.84. The monoisotopic (exact) mass is 348 g/mol. The molecule has 0 aliphatic carbocycles. The topological polar surface area (TPSA) is 48.1 Å². The zero-order chi connectivity index (χ0) is 13.9. The number of fused-ring (bicyclic) bond motifs is 1. The number of thiophene rings is 1. The number of aromatic nitrogens is 1. The van der Waals surface area contributed by atoms with E-state index < -0.39 is 0 Å². The maximum Gasteiger partial charge on any atom is 0.145 e. The fourth-order valence-corrected chi connectivity index (χ4v) is 3.47. The number of nitrogens with zero attached hydrogens (tertiary/aromatic N) is 1. The summed E-state index contributed by atoms with van der Waals surface area (Å²) in [5.74, 6) is 0.788. The average molecular weight is 349 g/mol. The summed E-state index contributed by atoms with van der Waals surface area (Å²) < 4.78 is 7.07. The zero-order valence-corrected chi connectivity index (χ0v) is 13.0. The highest BCUT2D eigenvalue weighted by molar-refractivity contribution is 9.11. The van der Waals surface area contributed by atoms with Crippen LogP contribution in [0.15, 0.2) is 52.4 Å². The van der Waals surface area contributed by atoms with E-state index >= 15 is 0 Å². The minimum Gasteiger partial charge on any atom is -0.483 e. The first-order chi connectivity index (χ1) is 9.76. The van der Waals surface area contributed by atoms with Gasteiger partial charge in [-0.25, -0.2) is 0 Å². The summed E-state index contributed by atoms with van der Waals surface area (Å²) in [6.07, 6.45) is 1.65. The molecule has 0 fully saturated rings. The Labute approximate surface area is 129 Å². The van der Waals surface area contributed by atoms with Gasteiger partial charge in [0.2, 0.25) is 0 Å². The van der Waals surface area contributed by atoms with Crippen LogP contribution in [0, 0.1) is 0 Å². The van der Waals surface area contributed by atoms with Crippen LogP contribution < -0.4 is 10.5 Å². The number of halogens is 1. The lowest BCUT2D eigenvalue weighted by atomic mass is 10.2. The molecular formula is C15H13BrN2OS. The number of ether oxygens (including phenoxy) is 1. The number of rotatable bonds is 4. The van der Waals surface area contributed by atoms with Gasteiger partial charge in [0.25, 0.3) is 0 Å². The second-order valence-corrected chi connectivity index (χ2v) is 6.84. The molecule has 2 aromatic heterocycles. The van der Waals surface area contributed by atoms with Crippen molar-refractivity contribution >= 4 is 38.2 Å². The quantitative estimate of drug-likeness (QED) is 0.770. The highest BCUT2D eigenvalue weighted by Gasteiger charge is 2.14. The summed E-state index contributed by atoms with van der Waals surface area (Å²) in [7, 11) is 0. The molecule has 1 atom stereocenters. The van der Waals surface area contributed by atoms with Crippen LogP contribution in [-0.4, -0.2) is 11.5 Å². The minimum absolute atomic E-state index is 0.132. The molecule has 1 unspecified atom stereocenters. The van der Waals surface area contributed by atoms with Gasteiger partial charge < -0.3 is 10.5 Å². The van der Waals surface area contributed by atoms with Crippen LogP contribution in [0.2, 0.25) is 0 Å². The van der Waals surface area contributed by atoms with Gasteiger partial charge in [0.1, 0.15) is 11.9 Å². The van der Waals surface area contributed by atoms with Gasteiger partial charge in [-0.15, -0.1) is 11.3 Å². The lowest BCUT2D eigenvalue weighted by molar-refractivity contribution is 0.218. The number of hydrogen-bond donors (Lipinski definition) is 1. The van der Waals surface area contributed by atoms with E-state index in [9.17, 15) is 0 Å². The van der Waals surface area contributed by atoms with Crippen molar-refractivity contribution in [1.82, 2.24) is 4.98 Å². The SMILES string of the molecule is NCC(Oc1ccc2cccnc2c1)c1ccc(Br)s1.